The van der Waals surface area contributed by atoms with Gasteiger partial charge in [0.15, 0.2) is 0 Å². The van der Waals surface area contributed by atoms with Gasteiger partial charge in [0.25, 0.3) is 10.2 Å². The molecule has 0 radical (unpaired) electrons. The first-order valence-corrected chi connectivity index (χ1v) is 9.44. The van der Waals surface area contributed by atoms with E-state index >= 15 is 0 Å². The van der Waals surface area contributed by atoms with E-state index in [1.807, 2.05) is 18.2 Å². The van der Waals surface area contributed by atoms with Gasteiger partial charge in [-0.05, 0) is 31.2 Å². The maximum atomic E-state index is 12.4. The van der Waals surface area contributed by atoms with Crippen molar-refractivity contribution in [2.45, 2.75) is 31.1 Å². The zero-order valence-corrected chi connectivity index (χ0v) is 13.6. The van der Waals surface area contributed by atoms with Crippen molar-refractivity contribution in [3.63, 3.8) is 0 Å². The molecule has 0 bridgehead atoms. The van der Waals surface area contributed by atoms with Crippen molar-refractivity contribution < 1.29 is 13.2 Å². The van der Waals surface area contributed by atoms with E-state index in [4.69, 9.17) is 4.74 Å². The monoisotopic (exact) mass is 324 g/mol. The van der Waals surface area contributed by atoms with Crippen molar-refractivity contribution in [1.29, 1.82) is 0 Å². The Hall–Kier alpha value is -0.950. The lowest BCUT2D eigenvalue weighted by Gasteiger charge is -2.38. The number of nitrogens with one attached hydrogen (secondary N) is 1. The highest BCUT2D eigenvalue weighted by atomic mass is 32.2. The van der Waals surface area contributed by atoms with Gasteiger partial charge in [0, 0.05) is 38.3 Å². The highest BCUT2D eigenvalue weighted by molar-refractivity contribution is 7.87. The Balaban J connectivity index is 1.76. The van der Waals surface area contributed by atoms with Gasteiger partial charge in [0.05, 0.1) is 0 Å². The lowest BCUT2D eigenvalue weighted by Crippen LogP contribution is -2.48. The van der Waals surface area contributed by atoms with Crippen LogP contribution in [0.1, 0.15) is 31.2 Å². The molecule has 0 saturated carbocycles. The maximum Gasteiger partial charge on any atom is 0.279 e. The van der Waals surface area contributed by atoms with Gasteiger partial charge < -0.3 is 4.74 Å². The van der Waals surface area contributed by atoms with Crippen LogP contribution in [-0.2, 0) is 20.4 Å². The lowest BCUT2D eigenvalue weighted by atomic mass is 9.74. The van der Waals surface area contributed by atoms with Crippen LogP contribution in [-0.4, -0.2) is 45.6 Å². The molecule has 0 aromatic heterocycles. The summed E-state index contributed by atoms with van der Waals surface area (Å²) in [4.78, 5) is 0. The predicted molar refractivity (Wildman–Crippen MR) is 85.9 cm³/mol. The zero-order valence-electron chi connectivity index (χ0n) is 12.8. The summed E-state index contributed by atoms with van der Waals surface area (Å²) >= 11 is 0. The van der Waals surface area contributed by atoms with Crippen LogP contribution in [0.5, 0.6) is 0 Å². The molecule has 1 aromatic rings. The highest BCUT2D eigenvalue weighted by Crippen LogP contribution is 2.34. The van der Waals surface area contributed by atoms with Crippen LogP contribution in [0.3, 0.4) is 0 Å². The molecule has 2 aliphatic rings. The molecule has 2 aliphatic heterocycles. The average Bonchev–Trinajstić information content (AvgIpc) is 3.10. The van der Waals surface area contributed by atoms with Gasteiger partial charge >= 0.3 is 0 Å². The Morgan fingerprint density at radius 1 is 1.09 bits per heavy atom. The van der Waals surface area contributed by atoms with Gasteiger partial charge in [-0.15, -0.1) is 0 Å². The lowest BCUT2D eigenvalue weighted by molar-refractivity contribution is 0.0516. The van der Waals surface area contributed by atoms with E-state index in [1.165, 1.54) is 5.56 Å². The van der Waals surface area contributed by atoms with E-state index in [1.54, 1.807) is 4.31 Å². The van der Waals surface area contributed by atoms with Crippen molar-refractivity contribution >= 4 is 10.2 Å². The van der Waals surface area contributed by atoms with E-state index in [2.05, 4.69) is 16.9 Å². The Labute approximate surface area is 132 Å². The molecule has 1 aromatic carbocycles. The molecule has 6 heteroatoms. The minimum Gasteiger partial charge on any atom is -0.381 e. The largest absolute Gasteiger partial charge is 0.381 e. The number of hydrogen-bond donors (Lipinski definition) is 1. The number of benzene rings is 1. The van der Waals surface area contributed by atoms with Gasteiger partial charge in [-0.2, -0.15) is 12.7 Å². The number of hydrogen-bond acceptors (Lipinski definition) is 3. The van der Waals surface area contributed by atoms with Crippen LogP contribution in [0.4, 0.5) is 0 Å². The molecule has 0 spiro atoms. The van der Waals surface area contributed by atoms with Crippen molar-refractivity contribution in [2.24, 2.45) is 0 Å². The summed E-state index contributed by atoms with van der Waals surface area (Å²) in [5.74, 6) is 0. The second kappa shape index (κ2) is 6.66. The summed E-state index contributed by atoms with van der Waals surface area (Å²) in [6, 6.07) is 10.2. The molecule has 0 aliphatic carbocycles. The smallest absolute Gasteiger partial charge is 0.279 e. The summed E-state index contributed by atoms with van der Waals surface area (Å²) in [7, 11) is -3.36. The SMILES string of the molecule is O=S(=O)(NCC1(c2ccccc2)CCOCC1)N1CCCC1. The van der Waals surface area contributed by atoms with E-state index in [-0.39, 0.29) is 5.41 Å². The molecular formula is C16H24N2O3S. The summed E-state index contributed by atoms with van der Waals surface area (Å²) in [5, 5.41) is 0. The fourth-order valence-corrected chi connectivity index (χ4v) is 4.75. The second-order valence-corrected chi connectivity index (χ2v) is 7.95. The van der Waals surface area contributed by atoms with Crippen LogP contribution in [0.2, 0.25) is 0 Å². The van der Waals surface area contributed by atoms with Gasteiger partial charge in [-0.1, -0.05) is 30.3 Å². The molecule has 1 N–H and O–H groups in total. The Morgan fingerprint density at radius 2 is 1.73 bits per heavy atom. The summed E-state index contributed by atoms with van der Waals surface area (Å²) in [6.07, 6.45) is 3.61. The standard InChI is InChI=1S/C16H24N2O3S/c19-22(20,18-10-4-5-11-18)17-14-16(8-12-21-13-9-16)15-6-2-1-3-7-15/h1-3,6-7,17H,4-5,8-14H2. The molecule has 0 unspecified atom stereocenters. The van der Waals surface area contributed by atoms with Gasteiger partial charge in [0.1, 0.15) is 0 Å². The molecule has 2 saturated heterocycles. The van der Waals surface area contributed by atoms with E-state index in [9.17, 15) is 8.42 Å². The van der Waals surface area contributed by atoms with E-state index in [0.29, 0.717) is 32.8 Å². The number of nitrogens with zero attached hydrogens (tertiary/aromatic N) is 1. The van der Waals surface area contributed by atoms with Gasteiger partial charge in [0.2, 0.25) is 0 Å². The van der Waals surface area contributed by atoms with Crippen molar-refractivity contribution in [3.8, 4) is 0 Å². The summed E-state index contributed by atoms with van der Waals surface area (Å²) in [5.41, 5.74) is 1.04. The zero-order chi connectivity index (χ0) is 15.5. The van der Waals surface area contributed by atoms with Crippen LogP contribution in [0.25, 0.3) is 0 Å². The van der Waals surface area contributed by atoms with Crippen LogP contribution >= 0.6 is 0 Å². The molecule has 0 atom stereocenters. The third-order valence-corrected chi connectivity index (χ3v) is 6.39. The van der Waals surface area contributed by atoms with E-state index < -0.39 is 10.2 Å². The molecule has 5 nitrogen and oxygen atoms in total. The summed E-state index contributed by atoms with van der Waals surface area (Å²) < 4.78 is 34.8. The first kappa shape index (κ1) is 15.9. The van der Waals surface area contributed by atoms with Crippen LogP contribution < -0.4 is 4.72 Å². The Kier molecular flexibility index (Phi) is 4.82. The predicted octanol–water partition coefficient (Wildman–Crippen LogP) is 1.66. The maximum absolute atomic E-state index is 12.4. The fraction of sp³-hybridized carbons (Fsp3) is 0.625. The third-order valence-electron chi connectivity index (χ3n) is 4.83. The quantitative estimate of drug-likeness (QED) is 0.896. The van der Waals surface area contributed by atoms with Crippen LogP contribution in [0, 0.1) is 0 Å². The first-order valence-electron chi connectivity index (χ1n) is 8.00. The van der Waals surface area contributed by atoms with Crippen molar-refractivity contribution in [1.82, 2.24) is 9.03 Å². The Morgan fingerprint density at radius 3 is 2.36 bits per heavy atom. The van der Waals surface area contributed by atoms with Gasteiger partial charge in [-0.25, -0.2) is 4.72 Å². The van der Waals surface area contributed by atoms with Crippen molar-refractivity contribution in [3.05, 3.63) is 35.9 Å². The minimum absolute atomic E-state index is 0.160. The average molecular weight is 324 g/mol. The minimum atomic E-state index is -3.36. The summed E-state index contributed by atoms with van der Waals surface area (Å²) in [6.45, 7) is 3.08. The molecule has 22 heavy (non-hydrogen) atoms. The fourth-order valence-electron chi connectivity index (χ4n) is 3.37. The molecule has 3 rings (SSSR count). The molecule has 2 fully saturated rings. The normalized spacial score (nSPS) is 22.7. The molecular weight excluding hydrogens is 300 g/mol. The topological polar surface area (TPSA) is 58.6 Å². The number of rotatable bonds is 5. The van der Waals surface area contributed by atoms with Crippen LogP contribution in [0.15, 0.2) is 30.3 Å². The molecule has 2 heterocycles. The number of ether oxygens (including phenoxy) is 1. The molecule has 0 amide bonds. The second-order valence-electron chi connectivity index (χ2n) is 6.19. The van der Waals surface area contributed by atoms with E-state index in [0.717, 1.165) is 25.7 Å². The molecule has 122 valence electrons. The van der Waals surface area contributed by atoms with Crippen molar-refractivity contribution in [2.75, 3.05) is 32.8 Å². The van der Waals surface area contributed by atoms with Gasteiger partial charge in [-0.3, -0.25) is 0 Å². The Bertz CT molecular complexity index is 577. The first-order chi connectivity index (χ1) is 10.6. The third kappa shape index (κ3) is 3.35. The highest BCUT2D eigenvalue weighted by Gasteiger charge is 2.36.